The van der Waals surface area contributed by atoms with E-state index in [1.807, 2.05) is 0 Å². The predicted molar refractivity (Wildman–Crippen MR) is 83.7 cm³/mol. The lowest BCUT2D eigenvalue weighted by Crippen LogP contribution is -2.54. The molecule has 1 aliphatic rings. The number of nitrogens with zero attached hydrogens (tertiary/aromatic N) is 2. The molecule has 0 spiro atoms. The lowest BCUT2D eigenvalue weighted by atomic mass is 10.1. The number of carbonyl (C=O) groups excluding carboxylic acids is 1. The summed E-state index contributed by atoms with van der Waals surface area (Å²) in [6.07, 6.45) is 0. The van der Waals surface area contributed by atoms with Crippen LogP contribution in [-0.2, 0) is 0 Å². The lowest BCUT2D eigenvalue weighted by Gasteiger charge is -2.37. The van der Waals surface area contributed by atoms with E-state index in [1.165, 1.54) is 7.11 Å². The Morgan fingerprint density at radius 2 is 2.19 bits per heavy atom. The molecule has 21 heavy (non-hydrogen) atoms. The number of piperazine rings is 1. The number of nitrogens with one attached hydrogen (secondary N) is 1. The number of carbonyl (C=O) groups is 1. The molecule has 1 saturated heterocycles. The summed E-state index contributed by atoms with van der Waals surface area (Å²) in [5, 5.41) is 2.97. The van der Waals surface area contributed by atoms with E-state index < -0.39 is 0 Å². The van der Waals surface area contributed by atoms with Crippen molar-refractivity contribution in [3.05, 3.63) is 23.8 Å². The Morgan fingerprint density at radius 1 is 1.43 bits per heavy atom. The summed E-state index contributed by atoms with van der Waals surface area (Å²) in [7, 11) is 5.72. The van der Waals surface area contributed by atoms with Crippen LogP contribution in [0.15, 0.2) is 18.2 Å². The van der Waals surface area contributed by atoms with E-state index in [4.69, 9.17) is 10.5 Å². The zero-order valence-corrected chi connectivity index (χ0v) is 12.9. The molecule has 1 aromatic rings. The van der Waals surface area contributed by atoms with Crippen molar-refractivity contribution < 1.29 is 9.53 Å². The van der Waals surface area contributed by atoms with E-state index in [0.717, 1.165) is 19.6 Å². The summed E-state index contributed by atoms with van der Waals surface area (Å²) in [6, 6.07) is 5.53. The Morgan fingerprint density at radius 3 is 2.90 bits per heavy atom. The zero-order chi connectivity index (χ0) is 15.4. The number of nitrogen functional groups attached to an aromatic ring is 1. The van der Waals surface area contributed by atoms with Gasteiger partial charge in [-0.25, -0.2) is 0 Å². The predicted octanol–water partition coefficient (Wildman–Crippen LogP) is 0.253. The van der Waals surface area contributed by atoms with Gasteiger partial charge in [-0.1, -0.05) is 6.07 Å². The highest BCUT2D eigenvalue weighted by atomic mass is 16.5. The standard InChI is InChI=1S/C15H24N4O2/c1-18-7-8-19(2)11(10-18)9-17-15(20)14-12(16)5-4-6-13(14)21-3/h4-6,11H,7-10,16H2,1-3H3,(H,17,20). The second-order valence-corrected chi connectivity index (χ2v) is 5.53. The molecular formula is C15H24N4O2. The molecule has 0 bridgehead atoms. The molecule has 0 aromatic heterocycles. The van der Waals surface area contributed by atoms with Gasteiger partial charge in [-0.15, -0.1) is 0 Å². The van der Waals surface area contributed by atoms with Crippen LogP contribution in [0.3, 0.4) is 0 Å². The summed E-state index contributed by atoms with van der Waals surface area (Å²) >= 11 is 0. The molecule has 6 nitrogen and oxygen atoms in total. The van der Waals surface area contributed by atoms with Crippen LogP contribution in [0.4, 0.5) is 5.69 Å². The largest absolute Gasteiger partial charge is 0.496 e. The second-order valence-electron chi connectivity index (χ2n) is 5.53. The molecule has 3 N–H and O–H groups in total. The Balaban J connectivity index is 2.02. The highest BCUT2D eigenvalue weighted by Crippen LogP contribution is 2.23. The Hall–Kier alpha value is -1.79. The van der Waals surface area contributed by atoms with Gasteiger partial charge in [0.2, 0.25) is 0 Å². The SMILES string of the molecule is COc1cccc(N)c1C(=O)NCC1CN(C)CCN1C. The van der Waals surface area contributed by atoms with Crippen LogP contribution in [0.1, 0.15) is 10.4 Å². The topological polar surface area (TPSA) is 70.8 Å². The zero-order valence-electron chi connectivity index (χ0n) is 12.9. The number of hydrogen-bond donors (Lipinski definition) is 2. The molecule has 0 aliphatic carbocycles. The van der Waals surface area contributed by atoms with Gasteiger partial charge in [0.15, 0.2) is 0 Å². The van der Waals surface area contributed by atoms with E-state index >= 15 is 0 Å². The summed E-state index contributed by atoms with van der Waals surface area (Å²) in [5.74, 6) is 0.313. The van der Waals surface area contributed by atoms with Crippen LogP contribution in [0.25, 0.3) is 0 Å². The molecule has 116 valence electrons. The third-order valence-electron chi connectivity index (χ3n) is 3.98. The Bertz CT molecular complexity index is 506. The minimum absolute atomic E-state index is 0.188. The molecule has 2 rings (SSSR count). The molecule has 1 atom stereocenters. The number of methoxy groups -OCH3 is 1. The molecule has 6 heteroatoms. The number of ether oxygens (including phenoxy) is 1. The van der Waals surface area contributed by atoms with Crippen LogP contribution >= 0.6 is 0 Å². The van der Waals surface area contributed by atoms with Crippen molar-refractivity contribution in [1.29, 1.82) is 0 Å². The molecule has 0 radical (unpaired) electrons. The Kier molecular flexibility index (Phi) is 5.03. The maximum atomic E-state index is 12.4. The molecule has 1 fully saturated rings. The van der Waals surface area contributed by atoms with Crippen molar-refractivity contribution >= 4 is 11.6 Å². The molecular weight excluding hydrogens is 268 g/mol. The van der Waals surface area contributed by atoms with Crippen molar-refractivity contribution in [2.45, 2.75) is 6.04 Å². The third kappa shape index (κ3) is 3.65. The fourth-order valence-electron chi connectivity index (χ4n) is 2.58. The number of anilines is 1. The average Bonchev–Trinajstić information content (AvgIpc) is 2.47. The number of likely N-dealkylation sites (N-methyl/N-ethyl adjacent to an activating group) is 2. The van der Waals surface area contributed by atoms with Crippen molar-refractivity contribution in [2.24, 2.45) is 0 Å². The molecule has 1 unspecified atom stereocenters. The maximum Gasteiger partial charge on any atom is 0.257 e. The van der Waals surface area contributed by atoms with Gasteiger partial charge in [0.25, 0.3) is 5.91 Å². The van der Waals surface area contributed by atoms with E-state index in [2.05, 4.69) is 29.2 Å². The minimum Gasteiger partial charge on any atom is -0.496 e. The van der Waals surface area contributed by atoms with Gasteiger partial charge < -0.3 is 20.7 Å². The monoisotopic (exact) mass is 292 g/mol. The Labute approximate surface area is 125 Å². The summed E-state index contributed by atoms with van der Waals surface area (Å²) < 4.78 is 5.22. The first kappa shape index (κ1) is 15.6. The lowest BCUT2D eigenvalue weighted by molar-refractivity contribution is 0.0879. The number of amides is 1. The highest BCUT2D eigenvalue weighted by Gasteiger charge is 2.23. The van der Waals surface area contributed by atoms with Gasteiger partial charge in [0, 0.05) is 37.9 Å². The van der Waals surface area contributed by atoms with Crippen LogP contribution in [0.2, 0.25) is 0 Å². The summed E-state index contributed by atoms with van der Waals surface area (Å²) in [5.41, 5.74) is 6.74. The van der Waals surface area contributed by atoms with Crippen molar-refractivity contribution in [3.8, 4) is 5.75 Å². The molecule has 1 heterocycles. The molecule has 1 aromatic carbocycles. The minimum atomic E-state index is -0.188. The normalized spacial score (nSPS) is 20.2. The fourth-order valence-corrected chi connectivity index (χ4v) is 2.58. The number of nitrogens with two attached hydrogens (primary N) is 1. The fraction of sp³-hybridized carbons (Fsp3) is 0.533. The van der Waals surface area contributed by atoms with Gasteiger partial charge >= 0.3 is 0 Å². The first-order valence-corrected chi connectivity index (χ1v) is 7.12. The van der Waals surface area contributed by atoms with Crippen molar-refractivity contribution in [2.75, 3.05) is 53.1 Å². The first-order chi connectivity index (χ1) is 10.0. The number of hydrogen-bond acceptors (Lipinski definition) is 5. The average molecular weight is 292 g/mol. The van der Waals surface area contributed by atoms with Crippen molar-refractivity contribution in [1.82, 2.24) is 15.1 Å². The molecule has 1 amide bonds. The van der Waals surface area contributed by atoms with Gasteiger partial charge in [0.05, 0.1) is 7.11 Å². The number of rotatable bonds is 4. The van der Waals surface area contributed by atoms with Crippen LogP contribution in [0, 0.1) is 0 Å². The smallest absolute Gasteiger partial charge is 0.257 e. The van der Waals surface area contributed by atoms with Crippen LogP contribution < -0.4 is 15.8 Å². The van der Waals surface area contributed by atoms with Gasteiger partial charge in [0.1, 0.15) is 11.3 Å². The van der Waals surface area contributed by atoms with Crippen molar-refractivity contribution in [3.63, 3.8) is 0 Å². The van der Waals surface area contributed by atoms with Gasteiger partial charge in [-0.05, 0) is 26.2 Å². The molecule has 1 aliphatic heterocycles. The second kappa shape index (κ2) is 6.78. The maximum absolute atomic E-state index is 12.4. The molecule has 0 saturated carbocycles. The summed E-state index contributed by atoms with van der Waals surface area (Å²) in [4.78, 5) is 16.9. The van der Waals surface area contributed by atoms with Gasteiger partial charge in [-0.3, -0.25) is 9.69 Å². The van der Waals surface area contributed by atoms with E-state index in [1.54, 1.807) is 18.2 Å². The quantitative estimate of drug-likeness (QED) is 0.779. The van der Waals surface area contributed by atoms with E-state index in [9.17, 15) is 4.79 Å². The number of benzene rings is 1. The van der Waals surface area contributed by atoms with Crippen LogP contribution in [0.5, 0.6) is 5.75 Å². The van der Waals surface area contributed by atoms with Gasteiger partial charge in [-0.2, -0.15) is 0 Å². The van der Waals surface area contributed by atoms with Crippen LogP contribution in [-0.4, -0.2) is 69.1 Å². The summed E-state index contributed by atoms with van der Waals surface area (Å²) in [6.45, 7) is 3.60. The first-order valence-electron chi connectivity index (χ1n) is 7.12. The van der Waals surface area contributed by atoms with E-state index in [-0.39, 0.29) is 5.91 Å². The van der Waals surface area contributed by atoms with E-state index in [0.29, 0.717) is 29.6 Å². The highest BCUT2D eigenvalue weighted by molar-refractivity contribution is 6.01. The third-order valence-corrected chi connectivity index (χ3v) is 3.98.